The lowest BCUT2D eigenvalue weighted by atomic mass is 10.2. The van der Waals surface area contributed by atoms with Crippen LogP contribution in [0.1, 0.15) is 19.3 Å². The molecule has 7 heteroatoms. The van der Waals surface area contributed by atoms with Crippen molar-refractivity contribution in [2.75, 3.05) is 36.8 Å². The summed E-state index contributed by atoms with van der Waals surface area (Å²) in [6, 6.07) is 5.62. The Morgan fingerprint density at radius 1 is 1.14 bits per heavy atom. The van der Waals surface area contributed by atoms with Crippen LogP contribution in [0.4, 0.5) is 11.4 Å². The largest absolute Gasteiger partial charge is 0.398 e. The molecular weight excluding hydrogens is 288 g/mol. The minimum absolute atomic E-state index is 0.00143. The Hall–Kier alpha value is -1.31. The maximum atomic E-state index is 11.4. The van der Waals surface area contributed by atoms with E-state index in [-0.39, 0.29) is 10.6 Å². The molecule has 0 aromatic heterocycles. The molecule has 116 valence electrons. The normalized spacial score (nSPS) is 23.9. The first-order valence-corrected chi connectivity index (χ1v) is 8.91. The highest BCUT2D eigenvalue weighted by Crippen LogP contribution is 2.28. The molecule has 4 N–H and O–H groups in total. The quantitative estimate of drug-likeness (QED) is 0.797. The molecule has 1 atom stereocenters. The Bertz CT molecular complexity index is 626. The first-order valence-electron chi connectivity index (χ1n) is 7.36. The van der Waals surface area contributed by atoms with E-state index >= 15 is 0 Å². The number of rotatable bonds is 3. The van der Waals surface area contributed by atoms with Gasteiger partial charge in [0.2, 0.25) is 10.0 Å². The van der Waals surface area contributed by atoms with E-state index in [9.17, 15) is 8.42 Å². The summed E-state index contributed by atoms with van der Waals surface area (Å²) in [5.74, 6) is 0. The van der Waals surface area contributed by atoms with Gasteiger partial charge in [-0.2, -0.15) is 0 Å². The van der Waals surface area contributed by atoms with E-state index in [0.29, 0.717) is 6.04 Å². The first kappa shape index (κ1) is 14.6. The highest BCUT2D eigenvalue weighted by molar-refractivity contribution is 7.89. The van der Waals surface area contributed by atoms with E-state index in [1.54, 1.807) is 12.1 Å². The standard InChI is InChI=1S/C14H22N4O2S/c15-13-9-11(3-4-14(13)21(16,19)20)18-8-5-12(10-18)17-6-1-2-7-17/h3-4,9,12H,1-2,5-8,10,15H2,(H2,16,19,20). The molecule has 21 heavy (non-hydrogen) atoms. The molecule has 2 heterocycles. The first-order chi connectivity index (χ1) is 9.95. The third-order valence-electron chi connectivity index (χ3n) is 4.49. The Kier molecular flexibility index (Phi) is 3.81. The molecule has 1 aromatic carbocycles. The molecule has 0 spiro atoms. The van der Waals surface area contributed by atoms with Crippen LogP contribution in [0.15, 0.2) is 23.1 Å². The van der Waals surface area contributed by atoms with Crippen molar-refractivity contribution in [2.45, 2.75) is 30.2 Å². The number of anilines is 2. The number of hydrogen-bond donors (Lipinski definition) is 2. The monoisotopic (exact) mass is 310 g/mol. The predicted molar refractivity (Wildman–Crippen MR) is 83.7 cm³/mol. The lowest BCUT2D eigenvalue weighted by Crippen LogP contribution is -2.35. The summed E-state index contributed by atoms with van der Waals surface area (Å²) in [7, 11) is -3.75. The summed E-state index contributed by atoms with van der Waals surface area (Å²) in [5.41, 5.74) is 7.03. The molecule has 0 aliphatic carbocycles. The van der Waals surface area contributed by atoms with Gasteiger partial charge in [-0.05, 0) is 50.6 Å². The SMILES string of the molecule is Nc1cc(N2CCC(N3CCCC3)C2)ccc1S(N)(=O)=O. The van der Waals surface area contributed by atoms with Crippen LogP contribution in [0.3, 0.4) is 0 Å². The van der Waals surface area contributed by atoms with Crippen LogP contribution in [-0.2, 0) is 10.0 Å². The Morgan fingerprint density at radius 3 is 2.48 bits per heavy atom. The zero-order valence-electron chi connectivity index (χ0n) is 12.0. The number of nitrogen functional groups attached to an aromatic ring is 1. The van der Waals surface area contributed by atoms with Gasteiger partial charge in [0.25, 0.3) is 0 Å². The summed E-state index contributed by atoms with van der Waals surface area (Å²) in [6.45, 7) is 4.36. The smallest absolute Gasteiger partial charge is 0.240 e. The van der Waals surface area contributed by atoms with E-state index in [1.165, 1.54) is 32.0 Å². The number of sulfonamides is 1. The van der Waals surface area contributed by atoms with Crippen molar-refractivity contribution in [1.82, 2.24) is 4.90 Å². The molecule has 0 bridgehead atoms. The van der Waals surface area contributed by atoms with Crippen LogP contribution in [0, 0.1) is 0 Å². The zero-order valence-corrected chi connectivity index (χ0v) is 12.8. The molecule has 0 radical (unpaired) electrons. The molecule has 0 saturated carbocycles. The van der Waals surface area contributed by atoms with E-state index in [0.717, 1.165) is 25.2 Å². The second-order valence-electron chi connectivity index (χ2n) is 5.90. The zero-order chi connectivity index (χ0) is 15.0. The van der Waals surface area contributed by atoms with Crippen molar-refractivity contribution in [3.63, 3.8) is 0 Å². The molecule has 1 aromatic rings. The van der Waals surface area contributed by atoms with Crippen molar-refractivity contribution in [1.29, 1.82) is 0 Å². The van der Waals surface area contributed by atoms with Gasteiger partial charge >= 0.3 is 0 Å². The molecule has 0 amide bonds. The number of nitrogens with two attached hydrogens (primary N) is 2. The number of hydrogen-bond acceptors (Lipinski definition) is 5. The van der Waals surface area contributed by atoms with E-state index in [4.69, 9.17) is 10.9 Å². The van der Waals surface area contributed by atoms with Crippen LogP contribution in [-0.4, -0.2) is 45.5 Å². The van der Waals surface area contributed by atoms with Crippen LogP contribution >= 0.6 is 0 Å². The molecule has 1 unspecified atom stereocenters. The fourth-order valence-electron chi connectivity index (χ4n) is 3.37. The minimum Gasteiger partial charge on any atom is -0.398 e. The number of nitrogens with zero attached hydrogens (tertiary/aromatic N) is 2. The second-order valence-corrected chi connectivity index (χ2v) is 7.43. The van der Waals surface area contributed by atoms with Gasteiger partial charge < -0.3 is 10.6 Å². The average Bonchev–Trinajstić information content (AvgIpc) is 3.08. The van der Waals surface area contributed by atoms with Crippen molar-refractivity contribution in [2.24, 2.45) is 5.14 Å². The Morgan fingerprint density at radius 2 is 1.86 bits per heavy atom. The van der Waals surface area contributed by atoms with Gasteiger partial charge in [-0.25, -0.2) is 13.6 Å². The van der Waals surface area contributed by atoms with Gasteiger partial charge in [0.1, 0.15) is 4.90 Å². The van der Waals surface area contributed by atoms with Crippen LogP contribution in [0.25, 0.3) is 0 Å². The lowest BCUT2D eigenvalue weighted by Gasteiger charge is -2.24. The van der Waals surface area contributed by atoms with Gasteiger partial charge in [0.15, 0.2) is 0 Å². The summed E-state index contributed by atoms with van der Waals surface area (Å²) in [5, 5.41) is 5.14. The van der Waals surface area contributed by atoms with Gasteiger partial charge in [0, 0.05) is 24.8 Å². The van der Waals surface area contributed by atoms with E-state index in [1.807, 2.05) is 0 Å². The second kappa shape index (κ2) is 5.47. The average molecular weight is 310 g/mol. The van der Waals surface area contributed by atoms with Crippen LogP contribution < -0.4 is 15.8 Å². The predicted octanol–water partition coefficient (Wildman–Crippen LogP) is 0.591. The molecule has 6 nitrogen and oxygen atoms in total. The summed E-state index contributed by atoms with van der Waals surface area (Å²) >= 11 is 0. The Labute approximate surface area is 125 Å². The number of primary sulfonamides is 1. The summed E-state index contributed by atoms with van der Waals surface area (Å²) in [6.07, 6.45) is 3.75. The van der Waals surface area contributed by atoms with Crippen molar-refractivity contribution < 1.29 is 8.42 Å². The fourth-order valence-corrected chi connectivity index (χ4v) is 4.02. The van der Waals surface area contributed by atoms with Crippen LogP contribution in [0.2, 0.25) is 0 Å². The lowest BCUT2D eigenvalue weighted by molar-refractivity contribution is 0.260. The molecule has 3 rings (SSSR count). The van der Waals surface area contributed by atoms with Crippen molar-refractivity contribution in [3.8, 4) is 0 Å². The van der Waals surface area contributed by atoms with Crippen molar-refractivity contribution in [3.05, 3.63) is 18.2 Å². The minimum atomic E-state index is -3.75. The highest BCUT2D eigenvalue weighted by atomic mass is 32.2. The van der Waals surface area contributed by atoms with E-state index < -0.39 is 10.0 Å². The van der Waals surface area contributed by atoms with Crippen LogP contribution in [0.5, 0.6) is 0 Å². The molecule has 2 saturated heterocycles. The maximum Gasteiger partial charge on any atom is 0.240 e. The van der Waals surface area contributed by atoms with Gasteiger partial charge in [-0.1, -0.05) is 0 Å². The van der Waals surface area contributed by atoms with Gasteiger partial charge in [0.05, 0.1) is 5.69 Å². The third kappa shape index (κ3) is 3.00. The molecule has 2 aliphatic rings. The highest BCUT2D eigenvalue weighted by Gasteiger charge is 2.29. The van der Waals surface area contributed by atoms with E-state index in [2.05, 4.69) is 9.80 Å². The topological polar surface area (TPSA) is 92.7 Å². The van der Waals surface area contributed by atoms with Crippen molar-refractivity contribution >= 4 is 21.4 Å². The maximum absolute atomic E-state index is 11.4. The number of likely N-dealkylation sites (tertiary alicyclic amines) is 1. The molecule has 2 aliphatic heterocycles. The van der Waals surface area contributed by atoms with Gasteiger partial charge in [-0.3, -0.25) is 4.90 Å². The number of benzene rings is 1. The van der Waals surface area contributed by atoms with Gasteiger partial charge in [-0.15, -0.1) is 0 Å². The summed E-state index contributed by atoms with van der Waals surface area (Å²) in [4.78, 5) is 4.83. The molecule has 2 fully saturated rings. The molecular formula is C14H22N4O2S. The summed E-state index contributed by atoms with van der Waals surface area (Å²) < 4.78 is 22.8. The Balaban J connectivity index is 1.75. The fraction of sp³-hybridized carbons (Fsp3) is 0.571. The third-order valence-corrected chi connectivity index (χ3v) is 5.47.